The van der Waals surface area contributed by atoms with Crippen LogP contribution in [0.1, 0.15) is 12.0 Å². The van der Waals surface area contributed by atoms with Crippen LogP contribution in [-0.2, 0) is 14.5 Å². The topological polar surface area (TPSA) is 49.4 Å². The van der Waals surface area contributed by atoms with E-state index in [0.29, 0.717) is 22.9 Å². The molecule has 0 saturated carbocycles. The van der Waals surface area contributed by atoms with Crippen LogP contribution in [-0.4, -0.2) is 17.6 Å². The van der Waals surface area contributed by atoms with E-state index in [-0.39, 0.29) is 11.8 Å². The van der Waals surface area contributed by atoms with Crippen LogP contribution >= 0.6 is 23.4 Å². The van der Waals surface area contributed by atoms with E-state index in [1.165, 1.54) is 11.8 Å². The Bertz CT molecular complexity index is 808. The summed E-state index contributed by atoms with van der Waals surface area (Å²) in [5.41, 5.74) is 2.27. The van der Waals surface area contributed by atoms with Gasteiger partial charge in [0.25, 0.3) is 5.91 Å². The van der Waals surface area contributed by atoms with Crippen LogP contribution in [0, 0.1) is 0 Å². The smallest absolute Gasteiger partial charge is 0.266 e. The molecule has 1 spiro atoms. The molecule has 1 unspecified atom stereocenters. The molecule has 116 valence electrons. The Morgan fingerprint density at radius 2 is 1.83 bits per heavy atom. The van der Waals surface area contributed by atoms with Gasteiger partial charge in [-0.1, -0.05) is 29.8 Å². The molecule has 2 heterocycles. The average Bonchev–Trinajstić information content (AvgIpc) is 2.82. The first-order chi connectivity index (χ1) is 11.1. The van der Waals surface area contributed by atoms with Crippen LogP contribution in [0.3, 0.4) is 0 Å². The zero-order chi connectivity index (χ0) is 16.0. The highest BCUT2D eigenvalue weighted by atomic mass is 35.5. The number of hydrogen-bond acceptors (Lipinski definition) is 3. The minimum absolute atomic E-state index is 0.0575. The Morgan fingerprint density at radius 1 is 1.09 bits per heavy atom. The van der Waals surface area contributed by atoms with Gasteiger partial charge in [0.05, 0.1) is 0 Å². The minimum Gasteiger partial charge on any atom is -0.323 e. The molecule has 1 atom stereocenters. The molecule has 0 radical (unpaired) electrons. The van der Waals surface area contributed by atoms with E-state index in [0.717, 1.165) is 11.3 Å². The standard InChI is InChI=1S/C17H13ClN2O2S/c18-11-5-7-12(8-6-11)20-15(21)9-10-23-17(20)13-3-1-2-4-14(13)19-16(17)22/h1-8H,9-10H2,(H,19,22). The number of amides is 2. The lowest BCUT2D eigenvalue weighted by Crippen LogP contribution is -2.54. The number of anilines is 2. The molecule has 2 aliphatic heterocycles. The number of benzene rings is 2. The Labute approximate surface area is 142 Å². The van der Waals surface area contributed by atoms with Gasteiger partial charge in [-0.15, -0.1) is 11.8 Å². The Hall–Kier alpha value is -1.98. The van der Waals surface area contributed by atoms with Crippen molar-refractivity contribution in [3.8, 4) is 0 Å². The molecule has 4 rings (SSSR count). The lowest BCUT2D eigenvalue weighted by atomic mass is 10.0. The summed E-state index contributed by atoms with van der Waals surface area (Å²) in [6.07, 6.45) is 0.407. The monoisotopic (exact) mass is 344 g/mol. The number of fused-ring (bicyclic) bond motifs is 2. The molecule has 1 N–H and O–H groups in total. The summed E-state index contributed by atoms with van der Waals surface area (Å²) < 4.78 is 0. The number of nitrogens with zero attached hydrogens (tertiary/aromatic N) is 1. The minimum atomic E-state index is -1.04. The number of nitrogens with one attached hydrogen (secondary N) is 1. The molecule has 1 saturated heterocycles. The van der Waals surface area contributed by atoms with E-state index in [9.17, 15) is 9.59 Å². The maximum atomic E-state index is 12.9. The predicted molar refractivity (Wildman–Crippen MR) is 92.8 cm³/mol. The third kappa shape index (κ3) is 2.07. The molecule has 2 aromatic carbocycles. The predicted octanol–water partition coefficient (Wildman–Crippen LogP) is 3.62. The zero-order valence-corrected chi connectivity index (χ0v) is 13.7. The van der Waals surface area contributed by atoms with Gasteiger partial charge in [0.1, 0.15) is 0 Å². The van der Waals surface area contributed by atoms with Crippen molar-refractivity contribution < 1.29 is 9.59 Å². The van der Waals surface area contributed by atoms with Gasteiger partial charge in [-0.3, -0.25) is 14.5 Å². The van der Waals surface area contributed by atoms with E-state index in [1.807, 2.05) is 24.3 Å². The first-order valence-electron chi connectivity index (χ1n) is 7.26. The van der Waals surface area contributed by atoms with Crippen molar-refractivity contribution in [1.29, 1.82) is 0 Å². The van der Waals surface area contributed by atoms with Crippen molar-refractivity contribution in [2.24, 2.45) is 0 Å². The molecule has 1 fully saturated rings. The number of thioether (sulfide) groups is 1. The fourth-order valence-corrected chi connectivity index (χ4v) is 4.69. The van der Waals surface area contributed by atoms with E-state index >= 15 is 0 Å². The highest BCUT2D eigenvalue weighted by Gasteiger charge is 2.56. The molecule has 2 aromatic rings. The molecule has 23 heavy (non-hydrogen) atoms. The van der Waals surface area contributed by atoms with Gasteiger partial charge >= 0.3 is 0 Å². The number of carbonyl (C=O) groups is 2. The van der Waals surface area contributed by atoms with Crippen molar-refractivity contribution in [3.63, 3.8) is 0 Å². The SMILES string of the molecule is O=C1CCSC2(C(=O)Nc3ccccc32)N1c1ccc(Cl)cc1. The summed E-state index contributed by atoms with van der Waals surface area (Å²) >= 11 is 7.45. The lowest BCUT2D eigenvalue weighted by Gasteiger charge is -2.42. The number of rotatable bonds is 1. The lowest BCUT2D eigenvalue weighted by molar-refractivity contribution is -0.124. The van der Waals surface area contributed by atoms with Gasteiger partial charge in [-0.05, 0) is 30.3 Å². The summed E-state index contributed by atoms with van der Waals surface area (Å²) in [4.78, 5) is 26.1. The van der Waals surface area contributed by atoms with Crippen molar-refractivity contribution in [3.05, 3.63) is 59.1 Å². The van der Waals surface area contributed by atoms with Crippen molar-refractivity contribution in [2.75, 3.05) is 16.0 Å². The van der Waals surface area contributed by atoms with Crippen molar-refractivity contribution in [1.82, 2.24) is 0 Å². The van der Waals surface area contributed by atoms with Crippen LogP contribution in [0.4, 0.5) is 11.4 Å². The summed E-state index contributed by atoms with van der Waals surface area (Å²) in [5, 5.41) is 3.50. The van der Waals surface area contributed by atoms with Gasteiger partial charge in [0, 0.05) is 34.1 Å². The number of hydrogen-bond donors (Lipinski definition) is 1. The summed E-state index contributed by atoms with van der Waals surface area (Å²) in [6.45, 7) is 0. The fourth-order valence-electron chi connectivity index (χ4n) is 3.14. The normalized spacial score (nSPS) is 23.1. The molecule has 4 nitrogen and oxygen atoms in total. The Morgan fingerprint density at radius 3 is 2.61 bits per heavy atom. The number of halogens is 1. The molecule has 0 aromatic heterocycles. The van der Waals surface area contributed by atoms with E-state index in [1.54, 1.807) is 29.2 Å². The second-order valence-corrected chi connectivity index (χ2v) is 7.17. The third-order valence-electron chi connectivity index (χ3n) is 4.12. The van der Waals surface area contributed by atoms with Gasteiger partial charge in [-0.25, -0.2) is 0 Å². The Balaban J connectivity index is 1.93. The van der Waals surface area contributed by atoms with Crippen LogP contribution in [0.25, 0.3) is 0 Å². The molecule has 0 bridgehead atoms. The van der Waals surface area contributed by atoms with Gasteiger partial charge in [0.15, 0.2) is 0 Å². The third-order valence-corrected chi connectivity index (χ3v) is 5.79. The second-order valence-electron chi connectivity index (χ2n) is 5.45. The average molecular weight is 345 g/mol. The number of para-hydroxylation sites is 1. The first kappa shape index (κ1) is 14.6. The van der Waals surface area contributed by atoms with E-state index in [2.05, 4.69) is 5.32 Å². The molecule has 2 amide bonds. The fraction of sp³-hybridized carbons (Fsp3) is 0.176. The van der Waals surface area contributed by atoms with E-state index < -0.39 is 4.87 Å². The summed E-state index contributed by atoms with van der Waals surface area (Å²) in [5.74, 6) is 0.384. The number of carbonyl (C=O) groups excluding carboxylic acids is 2. The van der Waals surface area contributed by atoms with Crippen LogP contribution < -0.4 is 10.2 Å². The van der Waals surface area contributed by atoms with Gasteiger partial charge < -0.3 is 5.32 Å². The Kier molecular flexibility index (Phi) is 3.36. The molecular formula is C17H13ClN2O2S. The maximum Gasteiger partial charge on any atom is 0.266 e. The maximum absolute atomic E-state index is 12.9. The van der Waals surface area contributed by atoms with Crippen LogP contribution in [0.5, 0.6) is 0 Å². The summed E-state index contributed by atoms with van der Waals surface area (Å²) in [7, 11) is 0. The second kappa shape index (κ2) is 5.28. The first-order valence-corrected chi connectivity index (χ1v) is 8.63. The summed E-state index contributed by atoms with van der Waals surface area (Å²) in [6, 6.07) is 14.6. The zero-order valence-electron chi connectivity index (χ0n) is 12.1. The van der Waals surface area contributed by atoms with Crippen LogP contribution in [0.2, 0.25) is 5.02 Å². The molecule has 0 aliphatic carbocycles. The van der Waals surface area contributed by atoms with Crippen LogP contribution in [0.15, 0.2) is 48.5 Å². The highest BCUT2D eigenvalue weighted by molar-refractivity contribution is 8.01. The van der Waals surface area contributed by atoms with Crippen molar-refractivity contribution >= 4 is 46.6 Å². The largest absolute Gasteiger partial charge is 0.323 e. The quantitative estimate of drug-likeness (QED) is 0.859. The van der Waals surface area contributed by atoms with E-state index in [4.69, 9.17) is 11.6 Å². The molecular weight excluding hydrogens is 332 g/mol. The highest BCUT2D eigenvalue weighted by Crippen LogP contribution is 2.52. The van der Waals surface area contributed by atoms with Crippen molar-refractivity contribution in [2.45, 2.75) is 11.3 Å². The molecule has 2 aliphatic rings. The van der Waals surface area contributed by atoms with Gasteiger partial charge in [0.2, 0.25) is 10.8 Å². The molecule has 6 heteroatoms. The van der Waals surface area contributed by atoms with Gasteiger partial charge in [-0.2, -0.15) is 0 Å².